The standard InChI is InChI=1S/C16H13ClN2O2S/c17-14-4-6-15(7-5-14)22(20,21)19-11-12-3-8-16-13(10-12)2-1-9-18-16/h1-10,19H,11H2. The summed E-state index contributed by atoms with van der Waals surface area (Å²) in [5, 5.41) is 1.48. The molecule has 3 rings (SSSR count). The lowest BCUT2D eigenvalue weighted by atomic mass is 10.1. The molecule has 6 heteroatoms. The van der Waals surface area contributed by atoms with Gasteiger partial charge in [-0.2, -0.15) is 0 Å². The van der Waals surface area contributed by atoms with Crippen molar-refractivity contribution >= 4 is 32.5 Å². The van der Waals surface area contributed by atoms with E-state index < -0.39 is 10.0 Å². The van der Waals surface area contributed by atoms with Gasteiger partial charge in [0, 0.05) is 23.2 Å². The highest BCUT2D eigenvalue weighted by Crippen LogP contribution is 2.16. The van der Waals surface area contributed by atoms with E-state index in [2.05, 4.69) is 9.71 Å². The van der Waals surface area contributed by atoms with Crippen LogP contribution >= 0.6 is 11.6 Å². The van der Waals surface area contributed by atoms with Gasteiger partial charge < -0.3 is 0 Å². The lowest BCUT2D eigenvalue weighted by molar-refractivity contribution is 0.581. The molecule has 0 aliphatic rings. The number of aromatic nitrogens is 1. The van der Waals surface area contributed by atoms with Crippen molar-refractivity contribution in [3.63, 3.8) is 0 Å². The first-order chi connectivity index (χ1) is 10.5. The fourth-order valence-electron chi connectivity index (χ4n) is 2.11. The Balaban J connectivity index is 1.79. The van der Waals surface area contributed by atoms with Gasteiger partial charge in [0.15, 0.2) is 0 Å². The summed E-state index contributed by atoms with van der Waals surface area (Å²) in [6.07, 6.45) is 1.73. The molecular formula is C16H13ClN2O2S. The van der Waals surface area contributed by atoms with Crippen LogP contribution in [0.5, 0.6) is 0 Å². The number of fused-ring (bicyclic) bond motifs is 1. The van der Waals surface area contributed by atoms with Gasteiger partial charge in [0.1, 0.15) is 0 Å². The average Bonchev–Trinajstić information content (AvgIpc) is 2.53. The summed E-state index contributed by atoms with van der Waals surface area (Å²) in [6, 6.07) is 15.5. The summed E-state index contributed by atoms with van der Waals surface area (Å²) in [5.41, 5.74) is 1.75. The molecule has 0 saturated heterocycles. The number of hydrogen-bond acceptors (Lipinski definition) is 3. The predicted octanol–water partition coefficient (Wildman–Crippen LogP) is 3.37. The number of hydrogen-bond donors (Lipinski definition) is 1. The van der Waals surface area contributed by atoms with Gasteiger partial charge in [-0.1, -0.05) is 23.7 Å². The molecule has 0 atom stereocenters. The smallest absolute Gasteiger partial charge is 0.240 e. The van der Waals surface area contributed by atoms with Gasteiger partial charge in [0.2, 0.25) is 10.0 Å². The highest BCUT2D eigenvalue weighted by Gasteiger charge is 2.13. The molecule has 0 amide bonds. The predicted molar refractivity (Wildman–Crippen MR) is 87.2 cm³/mol. The number of sulfonamides is 1. The van der Waals surface area contributed by atoms with Crippen LogP contribution in [-0.2, 0) is 16.6 Å². The Hall–Kier alpha value is -1.95. The van der Waals surface area contributed by atoms with Gasteiger partial charge in [-0.05, 0) is 48.0 Å². The second kappa shape index (κ2) is 6.04. The fraction of sp³-hybridized carbons (Fsp3) is 0.0625. The SMILES string of the molecule is O=S(=O)(NCc1ccc2ncccc2c1)c1ccc(Cl)cc1. The topological polar surface area (TPSA) is 59.1 Å². The van der Waals surface area contributed by atoms with Crippen LogP contribution in [-0.4, -0.2) is 13.4 Å². The largest absolute Gasteiger partial charge is 0.256 e. The Morgan fingerprint density at radius 3 is 2.59 bits per heavy atom. The number of halogens is 1. The molecule has 22 heavy (non-hydrogen) atoms. The molecule has 0 aliphatic heterocycles. The van der Waals surface area contributed by atoms with E-state index in [0.29, 0.717) is 5.02 Å². The zero-order chi connectivity index (χ0) is 15.6. The quantitative estimate of drug-likeness (QED) is 0.797. The first-order valence-corrected chi connectivity index (χ1v) is 8.50. The Bertz CT molecular complexity index is 909. The molecule has 1 N–H and O–H groups in total. The monoisotopic (exact) mass is 332 g/mol. The zero-order valence-corrected chi connectivity index (χ0v) is 13.1. The van der Waals surface area contributed by atoms with E-state index in [9.17, 15) is 8.42 Å². The Kier molecular flexibility index (Phi) is 4.11. The number of benzene rings is 2. The van der Waals surface area contributed by atoms with Crippen molar-refractivity contribution in [1.82, 2.24) is 9.71 Å². The van der Waals surface area contributed by atoms with E-state index in [1.54, 1.807) is 18.3 Å². The molecule has 0 fully saturated rings. The summed E-state index contributed by atoms with van der Waals surface area (Å²) < 4.78 is 27.0. The minimum atomic E-state index is -3.55. The highest BCUT2D eigenvalue weighted by atomic mass is 35.5. The molecule has 4 nitrogen and oxygen atoms in total. The van der Waals surface area contributed by atoms with Crippen molar-refractivity contribution in [2.24, 2.45) is 0 Å². The normalized spacial score (nSPS) is 11.7. The van der Waals surface area contributed by atoms with Crippen LogP contribution in [0.3, 0.4) is 0 Å². The minimum absolute atomic E-state index is 0.194. The maximum absolute atomic E-state index is 12.2. The van der Waals surface area contributed by atoms with Gasteiger partial charge in [-0.25, -0.2) is 13.1 Å². The lowest BCUT2D eigenvalue weighted by Gasteiger charge is -2.07. The van der Waals surface area contributed by atoms with Crippen LogP contribution in [0.15, 0.2) is 65.7 Å². The van der Waals surface area contributed by atoms with Gasteiger partial charge in [0.05, 0.1) is 10.4 Å². The van der Waals surface area contributed by atoms with Crippen molar-refractivity contribution in [2.75, 3.05) is 0 Å². The molecule has 112 valence electrons. The molecule has 0 saturated carbocycles. The van der Waals surface area contributed by atoms with Gasteiger partial charge >= 0.3 is 0 Å². The summed E-state index contributed by atoms with van der Waals surface area (Å²) >= 11 is 5.77. The van der Waals surface area contributed by atoms with E-state index in [-0.39, 0.29) is 11.4 Å². The van der Waals surface area contributed by atoms with Gasteiger partial charge in [0.25, 0.3) is 0 Å². The minimum Gasteiger partial charge on any atom is -0.256 e. The van der Waals surface area contributed by atoms with Crippen LogP contribution in [0.25, 0.3) is 10.9 Å². The Morgan fingerprint density at radius 2 is 1.82 bits per heavy atom. The molecular weight excluding hydrogens is 320 g/mol. The van der Waals surface area contributed by atoms with Crippen molar-refractivity contribution in [3.8, 4) is 0 Å². The first-order valence-electron chi connectivity index (χ1n) is 6.63. The van der Waals surface area contributed by atoms with E-state index >= 15 is 0 Å². The molecule has 1 heterocycles. The Morgan fingerprint density at radius 1 is 1.05 bits per heavy atom. The number of nitrogens with zero attached hydrogens (tertiary/aromatic N) is 1. The molecule has 0 spiro atoms. The van der Waals surface area contributed by atoms with E-state index in [0.717, 1.165) is 16.5 Å². The first kappa shape index (κ1) is 15.0. The number of rotatable bonds is 4. The van der Waals surface area contributed by atoms with Crippen molar-refractivity contribution in [1.29, 1.82) is 0 Å². The second-order valence-corrected chi connectivity index (χ2v) is 7.01. The number of nitrogens with one attached hydrogen (secondary N) is 1. The van der Waals surface area contributed by atoms with Gasteiger partial charge in [-0.3, -0.25) is 4.98 Å². The molecule has 0 bridgehead atoms. The van der Waals surface area contributed by atoms with Crippen molar-refractivity contribution < 1.29 is 8.42 Å². The summed E-state index contributed by atoms with van der Waals surface area (Å²) in [6.45, 7) is 0.218. The summed E-state index contributed by atoms with van der Waals surface area (Å²) in [4.78, 5) is 4.43. The lowest BCUT2D eigenvalue weighted by Crippen LogP contribution is -2.23. The average molecular weight is 333 g/mol. The third-order valence-corrected chi connectivity index (χ3v) is 4.93. The van der Waals surface area contributed by atoms with E-state index in [1.807, 2.05) is 30.3 Å². The third kappa shape index (κ3) is 3.27. The molecule has 3 aromatic rings. The van der Waals surface area contributed by atoms with E-state index in [4.69, 9.17) is 11.6 Å². The maximum Gasteiger partial charge on any atom is 0.240 e. The maximum atomic E-state index is 12.2. The third-order valence-electron chi connectivity index (χ3n) is 3.26. The zero-order valence-electron chi connectivity index (χ0n) is 11.5. The summed E-state index contributed by atoms with van der Waals surface area (Å²) in [7, 11) is -3.55. The molecule has 2 aromatic carbocycles. The van der Waals surface area contributed by atoms with Crippen LogP contribution in [0.2, 0.25) is 5.02 Å². The van der Waals surface area contributed by atoms with Crippen molar-refractivity contribution in [2.45, 2.75) is 11.4 Å². The second-order valence-electron chi connectivity index (χ2n) is 4.81. The number of pyridine rings is 1. The molecule has 0 radical (unpaired) electrons. The van der Waals surface area contributed by atoms with E-state index in [1.165, 1.54) is 12.1 Å². The van der Waals surface area contributed by atoms with Crippen LogP contribution < -0.4 is 4.72 Å². The van der Waals surface area contributed by atoms with Crippen LogP contribution in [0, 0.1) is 0 Å². The van der Waals surface area contributed by atoms with Crippen molar-refractivity contribution in [3.05, 3.63) is 71.4 Å². The molecule has 1 aromatic heterocycles. The summed E-state index contributed by atoms with van der Waals surface area (Å²) in [5.74, 6) is 0. The highest BCUT2D eigenvalue weighted by molar-refractivity contribution is 7.89. The molecule has 0 unspecified atom stereocenters. The molecule has 0 aliphatic carbocycles. The van der Waals surface area contributed by atoms with Gasteiger partial charge in [-0.15, -0.1) is 0 Å². The van der Waals surface area contributed by atoms with Crippen LogP contribution in [0.1, 0.15) is 5.56 Å². The Labute approximate surface area is 133 Å². The fourth-order valence-corrected chi connectivity index (χ4v) is 3.25. The van der Waals surface area contributed by atoms with Crippen LogP contribution in [0.4, 0.5) is 0 Å².